The van der Waals surface area contributed by atoms with Crippen molar-refractivity contribution in [2.45, 2.75) is 6.92 Å². The van der Waals surface area contributed by atoms with Gasteiger partial charge in [-0.1, -0.05) is 18.2 Å². The number of anilines is 1. The third-order valence-electron chi connectivity index (χ3n) is 3.13. The zero-order chi connectivity index (χ0) is 16.1. The van der Waals surface area contributed by atoms with Crippen LogP contribution in [0.1, 0.15) is 12.5 Å². The predicted molar refractivity (Wildman–Crippen MR) is 87.3 cm³/mol. The average Bonchev–Trinajstić information content (AvgIpc) is 2.89. The van der Waals surface area contributed by atoms with Crippen LogP contribution >= 0.6 is 0 Å². The molecule has 0 aliphatic rings. The summed E-state index contributed by atoms with van der Waals surface area (Å²) in [5, 5.41) is 27.2. The smallest absolute Gasteiger partial charge is 0.138 e. The summed E-state index contributed by atoms with van der Waals surface area (Å²) < 4.78 is 0. The van der Waals surface area contributed by atoms with Crippen LogP contribution in [-0.4, -0.2) is 21.8 Å². The Morgan fingerprint density at radius 2 is 1.91 bits per heavy atom. The van der Waals surface area contributed by atoms with Gasteiger partial charge in [0.1, 0.15) is 11.8 Å². The molecular formula is C17H17N3O2. The van der Waals surface area contributed by atoms with Crippen LogP contribution < -0.4 is 5.73 Å². The third kappa shape index (κ3) is 2.87. The first-order valence-corrected chi connectivity index (χ1v) is 6.82. The number of nitrogens with one attached hydrogen (secondary N) is 1. The number of nitrogen functional groups attached to an aromatic ring is 1. The number of hydrogen-bond acceptors (Lipinski definition) is 4. The van der Waals surface area contributed by atoms with Crippen LogP contribution in [0.15, 0.2) is 42.5 Å². The summed E-state index contributed by atoms with van der Waals surface area (Å²) in [5.41, 5.74) is 8.97. The molecule has 22 heavy (non-hydrogen) atoms. The van der Waals surface area contributed by atoms with Crippen molar-refractivity contribution in [2.24, 2.45) is 0 Å². The zero-order valence-corrected chi connectivity index (χ0v) is 12.2. The number of nitriles is 1. The predicted octanol–water partition coefficient (Wildman–Crippen LogP) is 2.99. The first-order valence-electron chi connectivity index (χ1n) is 6.82. The Bertz CT molecular complexity index is 832. The Morgan fingerprint density at radius 3 is 2.55 bits per heavy atom. The molecule has 1 aromatic heterocycles. The zero-order valence-electron chi connectivity index (χ0n) is 12.2. The van der Waals surface area contributed by atoms with Crippen LogP contribution in [-0.2, 0) is 0 Å². The number of fused-ring (bicyclic) bond motifs is 1. The molecule has 3 rings (SSSR count). The molecule has 2 aromatic carbocycles. The van der Waals surface area contributed by atoms with Crippen LogP contribution in [0.25, 0.3) is 22.2 Å². The maximum atomic E-state index is 9.46. The molecule has 0 unspecified atom stereocenters. The number of aromatic nitrogens is 1. The van der Waals surface area contributed by atoms with E-state index >= 15 is 0 Å². The molecular weight excluding hydrogens is 278 g/mol. The molecule has 0 radical (unpaired) electrons. The highest BCUT2D eigenvalue weighted by Crippen LogP contribution is 2.32. The fraction of sp³-hybridized carbons (Fsp3) is 0.118. The quantitative estimate of drug-likeness (QED) is 0.409. The van der Waals surface area contributed by atoms with Crippen LogP contribution in [0.4, 0.5) is 5.69 Å². The van der Waals surface area contributed by atoms with E-state index in [2.05, 4.69) is 11.1 Å². The minimum absolute atomic E-state index is 0.0402. The van der Waals surface area contributed by atoms with E-state index in [4.69, 9.17) is 10.8 Å². The fourth-order valence-corrected chi connectivity index (χ4v) is 2.18. The summed E-state index contributed by atoms with van der Waals surface area (Å²) in [6.45, 7) is 1.93. The molecule has 0 aliphatic heterocycles. The Hall–Kier alpha value is -2.97. The molecule has 0 saturated heterocycles. The number of hydrogen-bond donors (Lipinski definition) is 4. The van der Waals surface area contributed by atoms with E-state index in [1.54, 1.807) is 19.1 Å². The van der Waals surface area contributed by atoms with Crippen molar-refractivity contribution >= 4 is 16.6 Å². The number of phenols is 1. The highest BCUT2D eigenvalue weighted by Gasteiger charge is 2.13. The van der Waals surface area contributed by atoms with Gasteiger partial charge in [-0.25, -0.2) is 0 Å². The van der Waals surface area contributed by atoms with Gasteiger partial charge in [0.05, 0.1) is 16.9 Å². The van der Waals surface area contributed by atoms with Crippen LogP contribution in [0, 0.1) is 11.3 Å². The SMILES string of the molecule is CCO.N#Cc1c(-c2ccc(O)c(N)c2)[nH]c2ccccc12. The van der Waals surface area contributed by atoms with Crippen molar-refractivity contribution in [3.63, 3.8) is 0 Å². The van der Waals surface area contributed by atoms with E-state index in [1.807, 2.05) is 24.3 Å². The second kappa shape index (κ2) is 6.66. The Kier molecular flexibility index (Phi) is 4.66. The maximum Gasteiger partial charge on any atom is 0.138 e. The normalized spacial score (nSPS) is 9.86. The van der Waals surface area contributed by atoms with Gasteiger partial charge in [0, 0.05) is 23.1 Å². The largest absolute Gasteiger partial charge is 0.506 e. The summed E-state index contributed by atoms with van der Waals surface area (Å²) in [6.07, 6.45) is 0. The van der Waals surface area contributed by atoms with E-state index in [9.17, 15) is 10.4 Å². The van der Waals surface area contributed by atoms with Crippen molar-refractivity contribution in [3.8, 4) is 23.1 Å². The molecule has 1 heterocycles. The highest BCUT2D eigenvalue weighted by molar-refractivity contribution is 5.93. The van der Waals surface area contributed by atoms with Crippen molar-refractivity contribution in [2.75, 3.05) is 12.3 Å². The molecule has 5 heteroatoms. The number of phenolic OH excluding ortho intramolecular Hbond substituents is 1. The van der Waals surface area contributed by atoms with E-state index < -0.39 is 0 Å². The molecule has 0 fully saturated rings. The van der Waals surface area contributed by atoms with Gasteiger partial charge in [-0.15, -0.1) is 0 Å². The number of aromatic hydroxyl groups is 1. The van der Waals surface area contributed by atoms with Gasteiger partial charge in [0.2, 0.25) is 0 Å². The number of benzene rings is 2. The van der Waals surface area contributed by atoms with Crippen molar-refractivity contribution < 1.29 is 10.2 Å². The summed E-state index contributed by atoms with van der Waals surface area (Å²) in [7, 11) is 0. The van der Waals surface area contributed by atoms with E-state index in [-0.39, 0.29) is 12.4 Å². The lowest BCUT2D eigenvalue weighted by Gasteiger charge is -2.03. The number of nitrogens with two attached hydrogens (primary N) is 1. The summed E-state index contributed by atoms with van der Waals surface area (Å²) in [6, 6.07) is 14.8. The van der Waals surface area contributed by atoms with E-state index in [1.165, 1.54) is 6.07 Å². The standard InChI is InChI=1S/C15H11N3O.C2H6O/c16-8-11-10-3-1-2-4-13(10)18-15(11)9-5-6-14(19)12(17)7-9;1-2-3/h1-7,18-19H,17H2;3H,2H2,1H3. The van der Waals surface area contributed by atoms with Crippen molar-refractivity contribution in [1.29, 1.82) is 5.26 Å². The molecule has 5 N–H and O–H groups in total. The first-order chi connectivity index (χ1) is 10.6. The minimum atomic E-state index is 0.0402. The molecule has 112 valence electrons. The summed E-state index contributed by atoms with van der Waals surface area (Å²) >= 11 is 0. The molecule has 0 atom stereocenters. The van der Waals surface area contributed by atoms with Gasteiger partial charge >= 0.3 is 0 Å². The van der Waals surface area contributed by atoms with E-state index in [0.29, 0.717) is 11.3 Å². The van der Waals surface area contributed by atoms with Gasteiger partial charge in [-0.2, -0.15) is 5.26 Å². The monoisotopic (exact) mass is 295 g/mol. The number of rotatable bonds is 1. The van der Waals surface area contributed by atoms with Crippen molar-refractivity contribution in [1.82, 2.24) is 4.98 Å². The Morgan fingerprint density at radius 1 is 1.23 bits per heavy atom. The number of aromatic amines is 1. The summed E-state index contributed by atoms with van der Waals surface area (Å²) in [4.78, 5) is 3.22. The average molecular weight is 295 g/mol. The summed E-state index contributed by atoms with van der Waals surface area (Å²) in [5.74, 6) is 0.0402. The molecule has 0 aliphatic carbocycles. The molecule has 5 nitrogen and oxygen atoms in total. The molecule has 0 bridgehead atoms. The van der Waals surface area contributed by atoms with Gasteiger partial charge in [-0.3, -0.25) is 0 Å². The van der Waals surface area contributed by atoms with Gasteiger partial charge < -0.3 is 20.9 Å². The number of nitrogens with zero attached hydrogens (tertiary/aromatic N) is 1. The first kappa shape index (κ1) is 15.4. The number of H-pyrrole nitrogens is 1. The minimum Gasteiger partial charge on any atom is -0.506 e. The Labute approximate surface area is 128 Å². The van der Waals surface area contributed by atoms with Crippen molar-refractivity contribution in [3.05, 3.63) is 48.0 Å². The molecule has 3 aromatic rings. The lowest BCUT2D eigenvalue weighted by atomic mass is 10.1. The molecule has 0 spiro atoms. The topological polar surface area (TPSA) is 106 Å². The molecule has 0 saturated carbocycles. The van der Waals surface area contributed by atoms with Gasteiger partial charge in [-0.05, 0) is 31.2 Å². The van der Waals surface area contributed by atoms with E-state index in [0.717, 1.165) is 22.2 Å². The second-order valence-electron chi connectivity index (χ2n) is 4.62. The number of aliphatic hydroxyl groups is 1. The molecule has 0 amide bonds. The lowest BCUT2D eigenvalue weighted by molar-refractivity contribution is 0.318. The van der Waals surface area contributed by atoms with Crippen LogP contribution in [0.5, 0.6) is 5.75 Å². The number of para-hydroxylation sites is 1. The van der Waals surface area contributed by atoms with Crippen LogP contribution in [0.3, 0.4) is 0 Å². The van der Waals surface area contributed by atoms with Gasteiger partial charge in [0.25, 0.3) is 0 Å². The fourth-order valence-electron chi connectivity index (χ4n) is 2.18. The highest BCUT2D eigenvalue weighted by atomic mass is 16.3. The number of aliphatic hydroxyl groups excluding tert-OH is 1. The van der Waals surface area contributed by atoms with Gasteiger partial charge in [0.15, 0.2) is 0 Å². The lowest BCUT2D eigenvalue weighted by Crippen LogP contribution is -1.88. The second-order valence-corrected chi connectivity index (χ2v) is 4.62. The van der Waals surface area contributed by atoms with Crippen LogP contribution in [0.2, 0.25) is 0 Å². The third-order valence-corrected chi connectivity index (χ3v) is 3.13. The Balaban J connectivity index is 0.000000545. The maximum absolute atomic E-state index is 9.46.